The van der Waals surface area contributed by atoms with E-state index >= 15 is 0 Å². The van der Waals surface area contributed by atoms with Crippen molar-refractivity contribution in [2.45, 2.75) is 0 Å². The van der Waals surface area contributed by atoms with Crippen LogP contribution in [0.1, 0.15) is 31.8 Å². The average Bonchev–Trinajstić information content (AvgIpc) is 2.44. The Labute approximate surface area is 130 Å². The normalized spacial score (nSPS) is 11.8. The van der Waals surface area contributed by atoms with E-state index in [9.17, 15) is 9.59 Å². The van der Waals surface area contributed by atoms with Crippen LogP contribution in [0.15, 0.2) is 48.5 Å². The van der Waals surface area contributed by atoms with E-state index in [1.807, 2.05) is 0 Å². The fraction of sp³-hybridized carbons (Fsp3) is 0. The number of rotatable bonds is 0. The van der Waals surface area contributed by atoms with Crippen molar-refractivity contribution in [3.8, 4) is 0 Å². The number of fused-ring (bicyclic) bond motifs is 2. The first-order valence-electron chi connectivity index (χ1n) is 5.59. The summed E-state index contributed by atoms with van der Waals surface area (Å²) in [5.74, 6) is -0.128. The smallest absolute Gasteiger partial charge is 0.289 e. The maximum absolute atomic E-state index is 12.1. The van der Waals surface area contributed by atoms with Crippen molar-refractivity contribution >= 4 is 36.4 Å². The van der Waals surface area contributed by atoms with Crippen LogP contribution in [0.5, 0.6) is 0 Å². The summed E-state index contributed by atoms with van der Waals surface area (Å²) in [6.07, 6.45) is 0. The van der Waals surface area contributed by atoms with E-state index in [-0.39, 0.29) is 25.1 Å². The Morgan fingerprint density at radius 3 is 1.05 bits per heavy atom. The fourth-order valence-corrected chi connectivity index (χ4v) is 2.05. The summed E-state index contributed by atoms with van der Waals surface area (Å²) in [4.78, 5) is 24.2. The minimum absolute atomic E-state index is 0. The van der Waals surface area contributed by atoms with E-state index in [0.717, 1.165) is 0 Å². The van der Waals surface area contributed by atoms with Gasteiger partial charge in [0.2, 0.25) is 0 Å². The third kappa shape index (κ3) is 3.64. The molecule has 0 fully saturated rings. The third-order valence-corrected chi connectivity index (χ3v) is 2.83. The number of hydrogen-bond donors (Lipinski definition) is 2. The van der Waals surface area contributed by atoms with Crippen LogP contribution in [0.25, 0.3) is 0 Å². The Hall–Kier alpha value is -1.80. The summed E-state index contributed by atoms with van der Waals surface area (Å²) in [6.45, 7) is 0. The van der Waals surface area contributed by atoms with Crippen LogP contribution in [0.3, 0.4) is 0 Å². The molecule has 0 bridgehead atoms. The Kier molecular flexibility index (Phi) is 5.98. The number of carbonyl (C=O) groups is 2. The van der Waals surface area contributed by atoms with Gasteiger partial charge in [0, 0.05) is 22.3 Å². The van der Waals surface area contributed by atoms with Gasteiger partial charge in [0.25, 0.3) is 11.4 Å². The molecule has 2 aromatic rings. The first-order valence-corrected chi connectivity index (χ1v) is 6.66. The minimum atomic E-state index is -2.61. The van der Waals surface area contributed by atoms with Crippen LogP contribution in [0.4, 0.5) is 0 Å². The van der Waals surface area contributed by atoms with Crippen molar-refractivity contribution in [2.24, 2.45) is 0 Å². The SMILES string of the molecule is O=C1c2ccccc2C(=O)c2ccccc21.O=S(O)O.S. The van der Waals surface area contributed by atoms with Gasteiger partial charge in [0.15, 0.2) is 11.6 Å². The predicted octanol–water partition coefficient (Wildman–Crippen LogP) is 2.26. The monoisotopic (exact) mass is 324 g/mol. The molecule has 0 aliphatic heterocycles. The van der Waals surface area contributed by atoms with Crippen LogP contribution in [-0.4, -0.2) is 24.9 Å². The van der Waals surface area contributed by atoms with Gasteiger partial charge in [-0.15, -0.1) is 0 Å². The Morgan fingerprint density at radius 1 is 0.667 bits per heavy atom. The highest BCUT2D eigenvalue weighted by Gasteiger charge is 2.28. The van der Waals surface area contributed by atoms with Gasteiger partial charge in [-0.3, -0.25) is 18.7 Å². The molecular weight excluding hydrogens is 312 g/mol. The molecular formula is C14H12O5S2. The zero-order chi connectivity index (χ0) is 14.7. The Bertz CT molecular complexity index is 603. The van der Waals surface area contributed by atoms with E-state index in [2.05, 4.69) is 0 Å². The van der Waals surface area contributed by atoms with Gasteiger partial charge in [-0.25, -0.2) is 0 Å². The van der Waals surface area contributed by atoms with Crippen molar-refractivity contribution in [1.82, 2.24) is 0 Å². The molecule has 0 saturated carbocycles. The molecule has 7 heteroatoms. The lowest BCUT2D eigenvalue weighted by Crippen LogP contribution is -2.20. The zero-order valence-corrected chi connectivity index (χ0v) is 12.5. The van der Waals surface area contributed by atoms with E-state index in [0.29, 0.717) is 22.3 Å². The topological polar surface area (TPSA) is 91.7 Å². The highest BCUT2D eigenvalue weighted by Crippen LogP contribution is 2.26. The predicted molar refractivity (Wildman–Crippen MR) is 83.5 cm³/mol. The number of hydrogen-bond acceptors (Lipinski definition) is 3. The molecule has 2 N–H and O–H groups in total. The number of ketones is 2. The lowest BCUT2D eigenvalue weighted by Gasteiger charge is -2.16. The molecule has 0 saturated heterocycles. The van der Waals surface area contributed by atoms with Gasteiger partial charge in [0.05, 0.1) is 0 Å². The lowest BCUT2D eigenvalue weighted by molar-refractivity contribution is 0.0979. The first kappa shape index (κ1) is 17.3. The highest BCUT2D eigenvalue weighted by molar-refractivity contribution is 7.73. The van der Waals surface area contributed by atoms with Crippen molar-refractivity contribution in [1.29, 1.82) is 0 Å². The molecule has 0 amide bonds. The van der Waals surface area contributed by atoms with Crippen LogP contribution in [0.2, 0.25) is 0 Å². The van der Waals surface area contributed by atoms with Crippen LogP contribution in [0, 0.1) is 0 Å². The minimum Gasteiger partial charge on any atom is -0.289 e. The molecule has 0 radical (unpaired) electrons. The van der Waals surface area contributed by atoms with Crippen molar-refractivity contribution < 1.29 is 22.9 Å². The van der Waals surface area contributed by atoms with Gasteiger partial charge >= 0.3 is 0 Å². The van der Waals surface area contributed by atoms with Crippen LogP contribution >= 0.6 is 13.5 Å². The molecule has 1 aliphatic carbocycles. The van der Waals surface area contributed by atoms with Gasteiger partial charge in [-0.05, 0) is 0 Å². The van der Waals surface area contributed by atoms with Crippen LogP contribution in [-0.2, 0) is 11.4 Å². The molecule has 3 rings (SSSR count). The standard InChI is InChI=1S/C14H8O2.H2O3S.H2S/c15-13-9-5-1-2-6-10(9)14(16)12-8-4-3-7-11(12)13;1-4(2)3;/h1-8H;(H2,1,2,3);1H2. The fourth-order valence-electron chi connectivity index (χ4n) is 2.05. The second-order valence-electron chi connectivity index (χ2n) is 3.98. The molecule has 2 aromatic carbocycles. The van der Waals surface area contributed by atoms with Gasteiger partial charge in [-0.2, -0.15) is 17.7 Å². The van der Waals surface area contributed by atoms with E-state index in [1.165, 1.54) is 0 Å². The second kappa shape index (κ2) is 7.28. The molecule has 0 atom stereocenters. The number of benzene rings is 2. The largest absolute Gasteiger partial charge is 0.299 e. The van der Waals surface area contributed by atoms with Gasteiger partial charge in [0.1, 0.15) is 0 Å². The summed E-state index contributed by atoms with van der Waals surface area (Å²) < 4.78 is 22.8. The first-order chi connectivity index (χ1) is 9.52. The maximum Gasteiger partial charge on any atom is 0.299 e. The molecule has 110 valence electrons. The van der Waals surface area contributed by atoms with E-state index in [1.54, 1.807) is 48.5 Å². The Morgan fingerprint density at radius 2 is 0.857 bits per heavy atom. The summed E-state index contributed by atoms with van der Waals surface area (Å²) >= 11 is -2.61. The maximum atomic E-state index is 12.1. The zero-order valence-electron chi connectivity index (χ0n) is 10.6. The van der Waals surface area contributed by atoms with Crippen molar-refractivity contribution in [3.05, 3.63) is 70.8 Å². The summed E-state index contributed by atoms with van der Waals surface area (Å²) in [6, 6.07) is 13.9. The quantitative estimate of drug-likeness (QED) is 0.619. The van der Waals surface area contributed by atoms with Crippen molar-refractivity contribution in [3.63, 3.8) is 0 Å². The van der Waals surface area contributed by atoms with Gasteiger partial charge < -0.3 is 0 Å². The summed E-state index contributed by atoms with van der Waals surface area (Å²) in [7, 11) is 0. The van der Waals surface area contributed by atoms with Gasteiger partial charge in [-0.1, -0.05) is 48.5 Å². The van der Waals surface area contributed by atoms with Crippen LogP contribution < -0.4 is 0 Å². The summed E-state index contributed by atoms with van der Waals surface area (Å²) in [5, 5.41) is 0. The molecule has 5 nitrogen and oxygen atoms in total. The molecule has 0 spiro atoms. The Balaban J connectivity index is 0.000000397. The van der Waals surface area contributed by atoms with E-state index < -0.39 is 11.4 Å². The second-order valence-corrected chi connectivity index (χ2v) is 4.44. The summed E-state index contributed by atoms with van der Waals surface area (Å²) in [5.41, 5.74) is 2.02. The molecule has 1 aliphatic rings. The third-order valence-electron chi connectivity index (χ3n) is 2.83. The lowest BCUT2D eigenvalue weighted by atomic mass is 9.84. The van der Waals surface area contributed by atoms with E-state index in [4.69, 9.17) is 13.3 Å². The molecule has 0 heterocycles. The molecule has 21 heavy (non-hydrogen) atoms. The van der Waals surface area contributed by atoms with Crippen molar-refractivity contribution in [2.75, 3.05) is 0 Å². The number of carbonyl (C=O) groups excluding carboxylic acids is 2. The molecule has 0 aromatic heterocycles. The average molecular weight is 324 g/mol. The highest BCUT2D eigenvalue weighted by atomic mass is 32.2. The molecule has 0 unspecified atom stereocenters.